The summed E-state index contributed by atoms with van der Waals surface area (Å²) in [7, 11) is 0. The second-order valence-electron chi connectivity index (χ2n) is 4.03. The molecule has 0 aliphatic heterocycles. The van der Waals surface area contributed by atoms with Crippen molar-refractivity contribution in [3.63, 3.8) is 0 Å². The minimum absolute atomic E-state index is 0.0822. The van der Waals surface area contributed by atoms with Crippen molar-refractivity contribution < 1.29 is 14.1 Å². The molecule has 5 nitrogen and oxygen atoms in total. The third-order valence-corrected chi connectivity index (χ3v) is 2.08. The number of benzene rings is 1. The van der Waals surface area contributed by atoms with E-state index in [0.717, 1.165) is 12.1 Å². The molecule has 1 aromatic carbocycles. The number of hydrogen-bond acceptors (Lipinski definition) is 3. The third kappa shape index (κ3) is 3.51. The van der Waals surface area contributed by atoms with E-state index < -0.39 is 22.3 Å². The minimum atomic E-state index is -0.949. The quantitative estimate of drug-likeness (QED) is 0.647. The first kappa shape index (κ1) is 13.1. The third-order valence-electron chi connectivity index (χ3n) is 2.08. The zero-order chi connectivity index (χ0) is 13.0. The summed E-state index contributed by atoms with van der Waals surface area (Å²) < 4.78 is 13.0. The lowest BCUT2D eigenvalue weighted by atomic mass is 10.1. The van der Waals surface area contributed by atoms with E-state index in [0.29, 0.717) is 6.54 Å². The molecule has 1 N–H and O–H groups in total. The molecule has 0 atom stereocenters. The van der Waals surface area contributed by atoms with Gasteiger partial charge in [-0.1, -0.05) is 13.8 Å². The first-order valence-corrected chi connectivity index (χ1v) is 5.14. The molecular formula is C11H13FN2O3. The molecule has 0 heterocycles. The van der Waals surface area contributed by atoms with Gasteiger partial charge in [-0.15, -0.1) is 0 Å². The molecule has 0 aromatic heterocycles. The number of nitrogens with one attached hydrogen (secondary N) is 1. The standard InChI is InChI=1S/C11H13FN2O3/c1-7(2)6-13-11(15)8-3-4-9(12)10(5-8)14(16)17/h3-5,7H,6H2,1-2H3,(H,13,15). The van der Waals surface area contributed by atoms with Crippen LogP contribution in [0.1, 0.15) is 24.2 Å². The zero-order valence-corrected chi connectivity index (χ0v) is 9.57. The summed E-state index contributed by atoms with van der Waals surface area (Å²) in [5.74, 6) is -1.12. The smallest absolute Gasteiger partial charge is 0.305 e. The van der Waals surface area contributed by atoms with Crippen molar-refractivity contribution in [2.24, 2.45) is 5.92 Å². The Balaban J connectivity index is 2.88. The highest BCUT2D eigenvalue weighted by molar-refractivity contribution is 5.94. The Kier molecular flexibility index (Phi) is 4.14. The number of amides is 1. The fourth-order valence-electron chi connectivity index (χ4n) is 1.19. The number of hydrogen-bond donors (Lipinski definition) is 1. The van der Waals surface area contributed by atoms with Gasteiger partial charge in [0.2, 0.25) is 5.82 Å². The molecule has 0 radical (unpaired) electrons. The topological polar surface area (TPSA) is 72.2 Å². The fraction of sp³-hybridized carbons (Fsp3) is 0.364. The highest BCUT2D eigenvalue weighted by Crippen LogP contribution is 2.18. The lowest BCUT2D eigenvalue weighted by Gasteiger charge is -2.07. The molecule has 0 bridgehead atoms. The van der Waals surface area contributed by atoms with E-state index in [9.17, 15) is 19.3 Å². The first-order valence-electron chi connectivity index (χ1n) is 5.14. The van der Waals surface area contributed by atoms with Crippen molar-refractivity contribution in [2.45, 2.75) is 13.8 Å². The molecule has 6 heteroatoms. The Morgan fingerprint density at radius 2 is 2.18 bits per heavy atom. The van der Waals surface area contributed by atoms with Crippen molar-refractivity contribution in [1.29, 1.82) is 0 Å². The predicted octanol–water partition coefficient (Wildman–Crippen LogP) is 2.12. The van der Waals surface area contributed by atoms with Gasteiger partial charge in [-0.3, -0.25) is 14.9 Å². The van der Waals surface area contributed by atoms with Gasteiger partial charge in [-0.25, -0.2) is 0 Å². The monoisotopic (exact) mass is 240 g/mol. The Labute approximate surface area is 97.8 Å². The second kappa shape index (κ2) is 5.38. The van der Waals surface area contributed by atoms with Crippen molar-refractivity contribution in [2.75, 3.05) is 6.54 Å². The Hall–Kier alpha value is -1.98. The van der Waals surface area contributed by atoms with Gasteiger partial charge in [0.15, 0.2) is 0 Å². The van der Waals surface area contributed by atoms with Gasteiger partial charge in [0, 0.05) is 18.2 Å². The van der Waals surface area contributed by atoms with Gasteiger partial charge in [0.25, 0.3) is 5.91 Å². The van der Waals surface area contributed by atoms with E-state index in [1.807, 2.05) is 13.8 Å². The van der Waals surface area contributed by atoms with E-state index in [1.165, 1.54) is 6.07 Å². The van der Waals surface area contributed by atoms with E-state index in [4.69, 9.17) is 0 Å². The van der Waals surface area contributed by atoms with Gasteiger partial charge in [0.05, 0.1) is 4.92 Å². The van der Waals surface area contributed by atoms with Crippen LogP contribution in [0.5, 0.6) is 0 Å². The summed E-state index contributed by atoms with van der Waals surface area (Å²) >= 11 is 0. The predicted molar refractivity (Wildman–Crippen MR) is 60.2 cm³/mol. The van der Waals surface area contributed by atoms with Crippen LogP contribution < -0.4 is 5.32 Å². The molecule has 0 aliphatic carbocycles. The fourth-order valence-corrected chi connectivity index (χ4v) is 1.19. The van der Waals surface area contributed by atoms with Crippen LogP contribution in [0.15, 0.2) is 18.2 Å². The van der Waals surface area contributed by atoms with Crippen molar-refractivity contribution in [1.82, 2.24) is 5.32 Å². The van der Waals surface area contributed by atoms with Gasteiger partial charge in [-0.05, 0) is 18.1 Å². The molecule has 92 valence electrons. The zero-order valence-electron chi connectivity index (χ0n) is 9.57. The summed E-state index contributed by atoms with van der Waals surface area (Å²) in [6.07, 6.45) is 0. The minimum Gasteiger partial charge on any atom is -0.352 e. The first-order chi connectivity index (χ1) is 7.91. The second-order valence-corrected chi connectivity index (χ2v) is 4.03. The average molecular weight is 240 g/mol. The maximum atomic E-state index is 13.0. The Morgan fingerprint density at radius 1 is 1.53 bits per heavy atom. The van der Waals surface area contributed by atoms with Crippen molar-refractivity contribution in [3.05, 3.63) is 39.7 Å². The molecule has 0 aliphatic rings. The van der Waals surface area contributed by atoms with Crippen LogP contribution in [-0.4, -0.2) is 17.4 Å². The van der Waals surface area contributed by atoms with Crippen LogP contribution in [-0.2, 0) is 0 Å². The molecular weight excluding hydrogens is 227 g/mol. The van der Waals surface area contributed by atoms with Crippen molar-refractivity contribution in [3.8, 4) is 0 Å². The summed E-state index contributed by atoms with van der Waals surface area (Å²) in [6, 6.07) is 3.07. The van der Waals surface area contributed by atoms with Crippen LogP contribution in [0.25, 0.3) is 0 Å². The molecule has 1 amide bonds. The van der Waals surface area contributed by atoms with E-state index >= 15 is 0 Å². The molecule has 0 spiro atoms. The molecule has 0 fully saturated rings. The van der Waals surface area contributed by atoms with Gasteiger partial charge in [-0.2, -0.15) is 4.39 Å². The SMILES string of the molecule is CC(C)CNC(=O)c1ccc(F)c([N+](=O)[O-])c1. The van der Waals surface area contributed by atoms with E-state index in [-0.39, 0.29) is 11.5 Å². The summed E-state index contributed by atoms with van der Waals surface area (Å²) in [5, 5.41) is 13.1. The molecule has 1 aromatic rings. The van der Waals surface area contributed by atoms with Crippen LogP contribution in [0.3, 0.4) is 0 Å². The number of carbonyl (C=O) groups is 1. The maximum absolute atomic E-state index is 13.0. The van der Waals surface area contributed by atoms with Gasteiger partial charge in [0.1, 0.15) is 0 Å². The van der Waals surface area contributed by atoms with Crippen molar-refractivity contribution >= 4 is 11.6 Å². The summed E-state index contributed by atoms with van der Waals surface area (Å²) in [6.45, 7) is 4.31. The van der Waals surface area contributed by atoms with E-state index in [2.05, 4.69) is 5.32 Å². The maximum Gasteiger partial charge on any atom is 0.305 e. The average Bonchev–Trinajstić information content (AvgIpc) is 2.26. The number of nitrogens with zero attached hydrogens (tertiary/aromatic N) is 1. The van der Waals surface area contributed by atoms with Gasteiger partial charge >= 0.3 is 5.69 Å². The summed E-state index contributed by atoms with van der Waals surface area (Å²) in [4.78, 5) is 21.2. The number of nitro benzene ring substituents is 1. The molecule has 0 saturated carbocycles. The summed E-state index contributed by atoms with van der Waals surface area (Å²) in [5.41, 5.74) is -0.610. The molecule has 0 unspecified atom stereocenters. The Morgan fingerprint density at radius 3 is 2.71 bits per heavy atom. The highest BCUT2D eigenvalue weighted by Gasteiger charge is 2.17. The van der Waals surface area contributed by atoms with Crippen LogP contribution in [0.4, 0.5) is 10.1 Å². The van der Waals surface area contributed by atoms with Crippen LogP contribution >= 0.6 is 0 Å². The molecule has 1 rings (SSSR count). The molecule has 17 heavy (non-hydrogen) atoms. The number of halogens is 1. The molecule has 0 saturated heterocycles. The largest absolute Gasteiger partial charge is 0.352 e. The number of rotatable bonds is 4. The normalized spacial score (nSPS) is 10.4. The lowest BCUT2D eigenvalue weighted by molar-refractivity contribution is -0.387. The highest BCUT2D eigenvalue weighted by atomic mass is 19.1. The number of carbonyl (C=O) groups excluding carboxylic acids is 1. The van der Waals surface area contributed by atoms with Crippen LogP contribution in [0, 0.1) is 21.8 Å². The van der Waals surface area contributed by atoms with E-state index in [1.54, 1.807) is 0 Å². The number of nitro groups is 1. The lowest BCUT2D eigenvalue weighted by Crippen LogP contribution is -2.27. The van der Waals surface area contributed by atoms with Crippen LogP contribution in [0.2, 0.25) is 0 Å². The van der Waals surface area contributed by atoms with Gasteiger partial charge < -0.3 is 5.32 Å². The Bertz CT molecular complexity index is 446.